The molecule has 1 aromatic heterocycles. The molecule has 0 aliphatic carbocycles. The van der Waals surface area contributed by atoms with Crippen molar-refractivity contribution in [3.8, 4) is 0 Å². The smallest absolute Gasteiger partial charge is 0.178 e. The Morgan fingerprint density at radius 1 is 1.12 bits per heavy atom. The number of anilines is 1. The van der Waals surface area contributed by atoms with Crippen molar-refractivity contribution in [2.45, 2.75) is 20.3 Å². The zero-order chi connectivity index (χ0) is 17.9. The van der Waals surface area contributed by atoms with Crippen LogP contribution in [-0.2, 0) is 0 Å². The Kier molecular flexibility index (Phi) is 3.08. The first kappa shape index (κ1) is 15.3. The van der Waals surface area contributed by atoms with Crippen LogP contribution in [0.1, 0.15) is 29.3 Å². The summed E-state index contributed by atoms with van der Waals surface area (Å²) in [6.45, 7) is 4.83. The van der Waals surface area contributed by atoms with Crippen molar-refractivity contribution in [1.82, 2.24) is 4.98 Å². The molecule has 1 atom stereocenters. The summed E-state index contributed by atoms with van der Waals surface area (Å²) < 4.78 is 0. The number of aryl methyl sites for hydroxylation is 1. The molecule has 0 radical (unpaired) electrons. The fourth-order valence-electron chi connectivity index (χ4n) is 4.07. The van der Waals surface area contributed by atoms with Crippen molar-refractivity contribution in [3.63, 3.8) is 0 Å². The van der Waals surface area contributed by atoms with Gasteiger partial charge in [-0.2, -0.15) is 0 Å². The summed E-state index contributed by atoms with van der Waals surface area (Å²) in [5.41, 5.74) is 4.11. The number of nitrogens with zero attached hydrogens (tertiary/aromatic N) is 3. The molecule has 26 heavy (non-hydrogen) atoms. The molecule has 2 aromatic carbocycles. The van der Waals surface area contributed by atoms with Crippen LogP contribution in [-0.4, -0.2) is 23.1 Å². The van der Waals surface area contributed by atoms with Gasteiger partial charge in [0.05, 0.1) is 16.6 Å². The highest BCUT2D eigenvalue weighted by Gasteiger charge is 2.49. The zero-order valence-corrected chi connectivity index (χ0v) is 14.9. The lowest BCUT2D eigenvalue weighted by molar-refractivity contribution is 0.0887. The van der Waals surface area contributed by atoms with Gasteiger partial charge in [0, 0.05) is 29.4 Å². The second kappa shape index (κ2) is 5.24. The Balaban J connectivity index is 1.66. The number of carbonyl (C=O) groups excluding carboxylic acids is 1. The summed E-state index contributed by atoms with van der Waals surface area (Å²) in [7, 11) is 0. The highest BCUT2D eigenvalue weighted by molar-refractivity contribution is 6.25. The van der Waals surface area contributed by atoms with Gasteiger partial charge in [0.2, 0.25) is 0 Å². The van der Waals surface area contributed by atoms with Gasteiger partial charge >= 0.3 is 0 Å². The average Bonchev–Trinajstić information content (AvgIpc) is 3.00. The van der Waals surface area contributed by atoms with Gasteiger partial charge in [-0.3, -0.25) is 9.78 Å². The molecule has 1 fully saturated rings. The molecule has 3 aromatic rings. The standard InChI is InChI=1S/C22H19N3O/c1-14-5-7-19-17(12-14)20(26)22(2)9-11-25(21(22)24-19)16-6-8-18-15(13-16)4-3-10-23-18/h3-8,10,12-13H,9,11H2,1-2H3/t22-/m0/s1. The molecule has 0 unspecified atom stereocenters. The lowest BCUT2D eigenvalue weighted by Gasteiger charge is -2.31. The quantitative estimate of drug-likeness (QED) is 0.645. The van der Waals surface area contributed by atoms with E-state index in [1.807, 2.05) is 44.2 Å². The van der Waals surface area contributed by atoms with E-state index in [0.717, 1.165) is 52.2 Å². The predicted octanol–water partition coefficient (Wildman–Crippen LogP) is 4.69. The van der Waals surface area contributed by atoms with Crippen LogP contribution in [0.4, 0.5) is 11.4 Å². The normalized spacial score (nSPS) is 21.5. The van der Waals surface area contributed by atoms with Gasteiger partial charge < -0.3 is 4.90 Å². The van der Waals surface area contributed by atoms with E-state index in [2.05, 4.69) is 28.1 Å². The molecular weight excluding hydrogens is 322 g/mol. The minimum atomic E-state index is -0.551. The molecule has 4 heteroatoms. The predicted molar refractivity (Wildman–Crippen MR) is 104 cm³/mol. The molecule has 2 aliphatic rings. The number of rotatable bonds is 1. The van der Waals surface area contributed by atoms with Crippen molar-refractivity contribution in [2.24, 2.45) is 10.4 Å². The van der Waals surface area contributed by atoms with Crippen LogP contribution in [0.15, 0.2) is 59.7 Å². The number of fused-ring (bicyclic) bond motifs is 3. The summed E-state index contributed by atoms with van der Waals surface area (Å²) in [4.78, 5) is 24.7. The Morgan fingerprint density at radius 3 is 2.88 bits per heavy atom. The van der Waals surface area contributed by atoms with Crippen LogP contribution in [0.2, 0.25) is 0 Å². The number of amidine groups is 1. The molecule has 0 bridgehead atoms. The monoisotopic (exact) mass is 341 g/mol. The number of aliphatic imine (C=N–C) groups is 1. The summed E-state index contributed by atoms with van der Waals surface area (Å²) >= 11 is 0. The van der Waals surface area contributed by atoms with E-state index in [9.17, 15) is 4.79 Å². The topological polar surface area (TPSA) is 45.6 Å². The number of benzene rings is 2. The Morgan fingerprint density at radius 2 is 2.00 bits per heavy atom. The molecule has 4 nitrogen and oxygen atoms in total. The first-order chi connectivity index (χ1) is 12.6. The van der Waals surface area contributed by atoms with Crippen LogP contribution >= 0.6 is 0 Å². The van der Waals surface area contributed by atoms with Gasteiger partial charge in [-0.25, -0.2) is 4.99 Å². The zero-order valence-electron chi connectivity index (χ0n) is 14.9. The fourth-order valence-corrected chi connectivity index (χ4v) is 4.07. The van der Waals surface area contributed by atoms with Crippen LogP contribution in [0.3, 0.4) is 0 Å². The first-order valence-corrected chi connectivity index (χ1v) is 8.93. The van der Waals surface area contributed by atoms with Gasteiger partial charge in [-0.15, -0.1) is 0 Å². The van der Waals surface area contributed by atoms with E-state index in [0.29, 0.717) is 0 Å². The second-order valence-corrected chi connectivity index (χ2v) is 7.40. The summed E-state index contributed by atoms with van der Waals surface area (Å²) in [5.74, 6) is 1.05. The van der Waals surface area contributed by atoms with Crippen LogP contribution < -0.4 is 4.90 Å². The van der Waals surface area contributed by atoms with E-state index >= 15 is 0 Å². The number of Topliss-reactive ketones (excluding diaryl/α,β-unsaturated/α-hetero) is 1. The number of aromatic nitrogens is 1. The average molecular weight is 341 g/mol. The fraction of sp³-hybridized carbons (Fsp3) is 0.227. The molecule has 0 spiro atoms. The molecule has 5 rings (SSSR count). The maximum absolute atomic E-state index is 13.2. The van der Waals surface area contributed by atoms with Gasteiger partial charge in [-0.05, 0) is 56.7 Å². The van der Waals surface area contributed by atoms with Gasteiger partial charge in [0.1, 0.15) is 5.84 Å². The molecule has 3 heterocycles. The maximum atomic E-state index is 13.2. The molecule has 0 amide bonds. The lowest BCUT2D eigenvalue weighted by atomic mass is 9.78. The maximum Gasteiger partial charge on any atom is 0.178 e. The highest BCUT2D eigenvalue weighted by Crippen LogP contribution is 2.44. The van der Waals surface area contributed by atoms with E-state index in [-0.39, 0.29) is 5.78 Å². The largest absolute Gasteiger partial charge is 0.329 e. The Hall–Kier alpha value is -3.01. The van der Waals surface area contributed by atoms with Gasteiger partial charge in [-0.1, -0.05) is 17.7 Å². The molecular formula is C22H19N3O. The molecule has 0 N–H and O–H groups in total. The Bertz CT molecular complexity index is 1100. The third-order valence-electron chi connectivity index (χ3n) is 5.61. The van der Waals surface area contributed by atoms with E-state index in [1.54, 1.807) is 6.20 Å². The number of pyridine rings is 1. The van der Waals surface area contributed by atoms with Crippen molar-refractivity contribution >= 4 is 33.9 Å². The van der Waals surface area contributed by atoms with Gasteiger partial charge in [0.25, 0.3) is 0 Å². The number of carbonyl (C=O) groups is 1. The van der Waals surface area contributed by atoms with Crippen LogP contribution in [0.5, 0.6) is 0 Å². The number of hydrogen-bond donors (Lipinski definition) is 0. The van der Waals surface area contributed by atoms with Gasteiger partial charge in [0.15, 0.2) is 5.78 Å². The molecule has 0 saturated carbocycles. The number of ketones is 1. The first-order valence-electron chi connectivity index (χ1n) is 8.93. The Labute approximate surface area is 152 Å². The summed E-state index contributed by atoms with van der Waals surface area (Å²) in [6.07, 6.45) is 2.58. The van der Waals surface area contributed by atoms with E-state index < -0.39 is 5.41 Å². The minimum absolute atomic E-state index is 0.186. The third-order valence-corrected chi connectivity index (χ3v) is 5.61. The molecule has 2 aliphatic heterocycles. The highest BCUT2D eigenvalue weighted by atomic mass is 16.1. The van der Waals surface area contributed by atoms with Crippen molar-refractivity contribution in [2.75, 3.05) is 11.4 Å². The summed E-state index contributed by atoms with van der Waals surface area (Å²) in [6, 6.07) is 16.2. The van der Waals surface area contributed by atoms with Crippen LogP contribution in [0.25, 0.3) is 10.9 Å². The number of hydrogen-bond acceptors (Lipinski definition) is 4. The van der Waals surface area contributed by atoms with Crippen molar-refractivity contribution in [1.29, 1.82) is 0 Å². The van der Waals surface area contributed by atoms with E-state index in [1.165, 1.54) is 0 Å². The third kappa shape index (κ3) is 2.05. The van der Waals surface area contributed by atoms with Crippen molar-refractivity contribution < 1.29 is 4.79 Å². The lowest BCUT2D eigenvalue weighted by Crippen LogP contribution is -2.40. The minimum Gasteiger partial charge on any atom is -0.329 e. The van der Waals surface area contributed by atoms with Crippen LogP contribution in [0, 0.1) is 12.3 Å². The molecule has 1 saturated heterocycles. The SMILES string of the molecule is Cc1ccc2c(c1)C(=O)[C@]1(C)CCN(c3ccc4ncccc4c3)C1=N2. The van der Waals surface area contributed by atoms with E-state index in [4.69, 9.17) is 4.99 Å². The molecule has 128 valence electrons. The van der Waals surface area contributed by atoms with Crippen molar-refractivity contribution in [3.05, 3.63) is 65.9 Å². The summed E-state index contributed by atoms with van der Waals surface area (Å²) in [5, 5.41) is 1.09. The second-order valence-electron chi connectivity index (χ2n) is 7.40.